The van der Waals surface area contributed by atoms with Gasteiger partial charge in [-0.15, -0.1) is 0 Å². The van der Waals surface area contributed by atoms with Crippen molar-refractivity contribution < 1.29 is 14.7 Å². The van der Waals surface area contributed by atoms with Crippen LogP contribution in [-0.4, -0.2) is 17.0 Å². The molecule has 2 aromatic rings. The first-order valence-corrected chi connectivity index (χ1v) is 8.70. The van der Waals surface area contributed by atoms with Crippen molar-refractivity contribution in [2.24, 2.45) is 5.92 Å². The van der Waals surface area contributed by atoms with E-state index in [0.717, 1.165) is 36.1 Å². The van der Waals surface area contributed by atoms with Crippen LogP contribution in [0.3, 0.4) is 0 Å². The largest absolute Gasteiger partial charge is 0.481 e. The van der Waals surface area contributed by atoms with Crippen molar-refractivity contribution in [3.63, 3.8) is 0 Å². The van der Waals surface area contributed by atoms with Gasteiger partial charge in [-0.3, -0.25) is 9.59 Å². The molecule has 2 N–H and O–H groups in total. The standard InChI is InChI=1S/C21H23NO3/c1-15(19(23)24)14-16-8-10-18(11-9-16)22-20(25)21(12-5-13-21)17-6-3-2-4-7-17/h2-4,6-11,15H,5,12-14H2,1H3,(H,22,25)(H,23,24). The third-order valence-corrected chi connectivity index (χ3v) is 5.14. The van der Waals surface area contributed by atoms with Gasteiger partial charge in [0, 0.05) is 5.69 Å². The molecule has 0 aromatic heterocycles. The van der Waals surface area contributed by atoms with Gasteiger partial charge < -0.3 is 10.4 Å². The first-order valence-electron chi connectivity index (χ1n) is 8.70. The molecular weight excluding hydrogens is 314 g/mol. The number of carbonyl (C=O) groups is 2. The molecule has 1 aliphatic rings. The topological polar surface area (TPSA) is 66.4 Å². The first-order chi connectivity index (χ1) is 12.0. The van der Waals surface area contributed by atoms with Gasteiger partial charge >= 0.3 is 5.97 Å². The maximum Gasteiger partial charge on any atom is 0.306 e. The second kappa shape index (κ2) is 7.09. The van der Waals surface area contributed by atoms with E-state index >= 15 is 0 Å². The lowest BCUT2D eigenvalue weighted by Gasteiger charge is -2.40. The van der Waals surface area contributed by atoms with Crippen LogP contribution in [0.1, 0.15) is 37.3 Å². The Morgan fingerprint density at radius 2 is 1.72 bits per heavy atom. The van der Waals surface area contributed by atoms with Gasteiger partial charge in [-0.25, -0.2) is 0 Å². The highest BCUT2D eigenvalue weighted by atomic mass is 16.4. The molecule has 0 heterocycles. The highest BCUT2D eigenvalue weighted by Crippen LogP contribution is 2.44. The van der Waals surface area contributed by atoms with Crippen molar-refractivity contribution in [1.29, 1.82) is 0 Å². The van der Waals surface area contributed by atoms with Gasteiger partial charge in [0.15, 0.2) is 0 Å². The minimum Gasteiger partial charge on any atom is -0.481 e. The molecule has 4 nitrogen and oxygen atoms in total. The van der Waals surface area contributed by atoms with Crippen LogP contribution >= 0.6 is 0 Å². The quantitative estimate of drug-likeness (QED) is 0.837. The zero-order chi connectivity index (χ0) is 17.9. The molecule has 1 saturated carbocycles. The predicted octanol–water partition coefficient (Wildman–Crippen LogP) is 4.01. The van der Waals surface area contributed by atoms with Crippen LogP contribution in [0.4, 0.5) is 5.69 Å². The van der Waals surface area contributed by atoms with Crippen LogP contribution in [0.25, 0.3) is 0 Å². The van der Waals surface area contributed by atoms with Gasteiger partial charge in [0.25, 0.3) is 0 Å². The smallest absolute Gasteiger partial charge is 0.306 e. The first kappa shape index (κ1) is 17.2. The van der Waals surface area contributed by atoms with Crippen molar-refractivity contribution in [2.75, 3.05) is 5.32 Å². The molecule has 1 aliphatic carbocycles. The molecule has 2 aromatic carbocycles. The average Bonchev–Trinajstić information content (AvgIpc) is 2.56. The number of carboxylic acid groups (broad SMARTS) is 1. The second-order valence-electron chi connectivity index (χ2n) is 6.90. The molecule has 1 fully saturated rings. The van der Waals surface area contributed by atoms with Crippen LogP contribution in [-0.2, 0) is 21.4 Å². The van der Waals surface area contributed by atoms with Gasteiger partial charge in [0.1, 0.15) is 0 Å². The van der Waals surface area contributed by atoms with Crippen molar-refractivity contribution in [3.8, 4) is 0 Å². The summed E-state index contributed by atoms with van der Waals surface area (Å²) in [7, 11) is 0. The average molecular weight is 337 g/mol. The molecule has 130 valence electrons. The van der Waals surface area contributed by atoms with Crippen LogP contribution < -0.4 is 5.32 Å². The molecule has 0 aliphatic heterocycles. The highest BCUT2D eigenvalue weighted by molar-refractivity contribution is 5.99. The van der Waals surface area contributed by atoms with Crippen molar-refractivity contribution in [2.45, 2.75) is 38.0 Å². The Morgan fingerprint density at radius 1 is 1.08 bits per heavy atom. The number of aliphatic carboxylic acids is 1. The van der Waals surface area contributed by atoms with Crippen molar-refractivity contribution in [1.82, 2.24) is 0 Å². The normalized spacial score (nSPS) is 16.5. The highest BCUT2D eigenvalue weighted by Gasteiger charge is 2.45. The lowest BCUT2D eigenvalue weighted by Crippen LogP contribution is -2.45. The molecule has 0 radical (unpaired) electrons. The summed E-state index contributed by atoms with van der Waals surface area (Å²) >= 11 is 0. The van der Waals surface area contributed by atoms with E-state index in [2.05, 4.69) is 5.32 Å². The number of hydrogen-bond donors (Lipinski definition) is 2. The number of hydrogen-bond acceptors (Lipinski definition) is 2. The zero-order valence-electron chi connectivity index (χ0n) is 14.4. The maximum absolute atomic E-state index is 12.9. The summed E-state index contributed by atoms with van der Waals surface area (Å²) in [6.07, 6.45) is 3.29. The Morgan fingerprint density at radius 3 is 2.24 bits per heavy atom. The molecule has 1 amide bonds. The molecule has 0 spiro atoms. The van der Waals surface area contributed by atoms with Crippen LogP contribution in [0.5, 0.6) is 0 Å². The number of anilines is 1. The van der Waals surface area contributed by atoms with E-state index in [9.17, 15) is 9.59 Å². The van der Waals surface area contributed by atoms with E-state index in [-0.39, 0.29) is 5.91 Å². The minimum atomic E-state index is -0.799. The summed E-state index contributed by atoms with van der Waals surface area (Å²) in [6, 6.07) is 17.4. The number of carbonyl (C=O) groups excluding carboxylic acids is 1. The molecule has 0 bridgehead atoms. The molecule has 1 unspecified atom stereocenters. The number of carboxylic acids is 1. The van der Waals surface area contributed by atoms with E-state index in [0.29, 0.717) is 6.42 Å². The lowest BCUT2D eigenvalue weighted by molar-refractivity contribution is -0.141. The van der Waals surface area contributed by atoms with Crippen LogP contribution in [0.2, 0.25) is 0 Å². The minimum absolute atomic E-state index is 0.0385. The molecular formula is C21H23NO3. The molecule has 4 heteroatoms. The third-order valence-electron chi connectivity index (χ3n) is 5.14. The Balaban J connectivity index is 1.69. The zero-order valence-corrected chi connectivity index (χ0v) is 14.4. The third kappa shape index (κ3) is 3.58. The van der Waals surface area contributed by atoms with E-state index in [1.54, 1.807) is 6.92 Å². The number of nitrogens with one attached hydrogen (secondary N) is 1. The predicted molar refractivity (Wildman–Crippen MR) is 97.5 cm³/mol. The fourth-order valence-electron chi connectivity index (χ4n) is 3.35. The number of rotatable bonds is 6. The summed E-state index contributed by atoms with van der Waals surface area (Å²) in [5, 5.41) is 12.0. The SMILES string of the molecule is CC(Cc1ccc(NC(=O)C2(c3ccccc3)CCC2)cc1)C(=O)O. The molecule has 1 atom stereocenters. The van der Waals surface area contributed by atoms with Gasteiger partial charge in [0.05, 0.1) is 11.3 Å². The van der Waals surface area contributed by atoms with Crippen molar-refractivity contribution in [3.05, 3.63) is 65.7 Å². The molecule has 25 heavy (non-hydrogen) atoms. The summed E-state index contributed by atoms with van der Waals surface area (Å²) in [4.78, 5) is 23.8. The summed E-state index contributed by atoms with van der Waals surface area (Å²) in [5.41, 5.74) is 2.36. The summed E-state index contributed by atoms with van der Waals surface area (Å²) in [5.74, 6) is -1.18. The molecule has 0 saturated heterocycles. The van der Waals surface area contributed by atoms with E-state index in [4.69, 9.17) is 5.11 Å². The van der Waals surface area contributed by atoms with Gasteiger partial charge in [0.2, 0.25) is 5.91 Å². The van der Waals surface area contributed by atoms with E-state index in [1.165, 1.54) is 0 Å². The van der Waals surface area contributed by atoms with Crippen LogP contribution in [0, 0.1) is 5.92 Å². The Bertz CT molecular complexity index is 748. The molecule has 3 rings (SSSR count). The van der Waals surface area contributed by atoms with Crippen LogP contribution in [0.15, 0.2) is 54.6 Å². The lowest BCUT2D eigenvalue weighted by atomic mass is 9.64. The Labute approximate surface area is 147 Å². The number of amides is 1. The Hall–Kier alpha value is -2.62. The monoisotopic (exact) mass is 337 g/mol. The van der Waals surface area contributed by atoms with Crippen molar-refractivity contribution >= 4 is 17.6 Å². The number of benzene rings is 2. The maximum atomic E-state index is 12.9. The summed E-state index contributed by atoms with van der Waals surface area (Å²) < 4.78 is 0. The fraction of sp³-hybridized carbons (Fsp3) is 0.333. The van der Waals surface area contributed by atoms with Gasteiger partial charge in [-0.1, -0.05) is 55.8 Å². The second-order valence-corrected chi connectivity index (χ2v) is 6.90. The Kier molecular flexibility index (Phi) is 4.88. The van der Waals surface area contributed by atoms with Gasteiger partial charge in [-0.2, -0.15) is 0 Å². The van der Waals surface area contributed by atoms with E-state index < -0.39 is 17.3 Å². The van der Waals surface area contributed by atoms with E-state index in [1.807, 2.05) is 54.6 Å². The summed E-state index contributed by atoms with van der Waals surface area (Å²) in [6.45, 7) is 1.69. The van der Waals surface area contributed by atoms with Gasteiger partial charge in [-0.05, 0) is 42.5 Å². The fourth-order valence-corrected chi connectivity index (χ4v) is 3.35.